The summed E-state index contributed by atoms with van der Waals surface area (Å²) in [6, 6.07) is 12.8. The van der Waals surface area contributed by atoms with Crippen LogP contribution < -0.4 is 5.32 Å². The fraction of sp³-hybridized carbons (Fsp3) is 0.111. The summed E-state index contributed by atoms with van der Waals surface area (Å²) in [6.07, 6.45) is 3.03. The second-order valence-corrected chi connectivity index (χ2v) is 5.37. The van der Waals surface area contributed by atoms with Crippen molar-refractivity contribution in [2.75, 3.05) is 5.32 Å². The fourth-order valence-electron chi connectivity index (χ4n) is 2.27. The zero-order valence-corrected chi connectivity index (χ0v) is 13.3. The number of rotatable bonds is 3. The van der Waals surface area contributed by atoms with Crippen molar-refractivity contribution in [2.45, 2.75) is 13.8 Å². The number of pyridine rings is 1. The van der Waals surface area contributed by atoms with Gasteiger partial charge in [0.15, 0.2) is 11.6 Å². The lowest BCUT2D eigenvalue weighted by Crippen LogP contribution is -2.16. The van der Waals surface area contributed by atoms with Crippen LogP contribution in [0.1, 0.15) is 27.0 Å². The van der Waals surface area contributed by atoms with Crippen LogP contribution in [0.25, 0.3) is 5.82 Å². The summed E-state index contributed by atoms with van der Waals surface area (Å²) in [5.74, 6) is 0.529. The van der Waals surface area contributed by atoms with Gasteiger partial charge in [-0.2, -0.15) is 15.0 Å². The average molecular weight is 317 g/mol. The highest BCUT2D eigenvalue weighted by atomic mass is 16.1. The maximum atomic E-state index is 12.5. The van der Waals surface area contributed by atoms with Crippen molar-refractivity contribution in [3.63, 3.8) is 0 Å². The molecule has 1 amide bonds. The quantitative estimate of drug-likeness (QED) is 0.805. The van der Waals surface area contributed by atoms with Gasteiger partial charge in [0.05, 0.1) is 6.20 Å². The Balaban J connectivity index is 1.97. The smallest absolute Gasteiger partial charge is 0.256 e. The van der Waals surface area contributed by atoms with Crippen molar-refractivity contribution in [3.05, 3.63) is 71.0 Å². The molecular weight excluding hydrogens is 302 g/mol. The standard InChI is InChI=1S/C18H15N5O/c1-12-6-7-14(9-13(12)2)18(24)22-17-15(10-19)11-21-23(17)16-5-3-4-8-20-16/h3-9,11H,1-2H3,(H,22,24). The molecule has 118 valence electrons. The van der Waals surface area contributed by atoms with Crippen LogP contribution in [0, 0.1) is 25.2 Å². The SMILES string of the molecule is Cc1ccc(C(=O)Nc2c(C#N)cnn2-c2ccccn2)cc1C. The number of aryl methyl sites for hydroxylation is 2. The van der Waals surface area contributed by atoms with E-state index in [4.69, 9.17) is 0 Å². The van der Waals surface area contributed by atoms with Crippen LogP contribution in [-0.4, -0.2) is 20.7 Å². The molecule has 0 aliphatic rings. The van der Waals surface area contributed by atoms with Crippen molar-refractivity contribution in [3.8, 4) is 11.9 Å². The zero-order valence-electron chi connectivity index (χ0n) is 13.3. The summed E-state index contributed by atoms with van der Waals surface area (Å²) in [6.45, 7) is 3.94. The van der Waals surface area contributed by atoms with Crippen molar-refractivity contribution < 1.29 is 4.79 Å². The number of aromatic nitrogens is 3. The molecule has 0 aliphatic heterocycles. The van der Waals surface area contributed by atoms with Crippen LogP contribution in [-0.2, 0) is 0 Å². The largest absolute Gasteiger partial charge is 0.305 e. The topological polar surface area (TPSA) is 83.6 Å². The minimum Gasteiger partial charge on any atom is -0.305 e. The van der Waals surface area contributed by atoms with Gasteiger partial charge in [-0.3, -0.25) is 4.79 Å². The Hall–Kier alpha value is -3.46. The normalized spacial score (nSPS) is 10.2. The predicted molar refractivity (Wildman–Crippen MR) is 89.9 cm³/mol. The van der Waals surface area contributed by atoms with Crippen LogP contribution in [0.2, 0.25) is 0 Å². The van der Waals surface area contributed by atoms with E-state index in [1.54, 1.807) is 24.4 Å². The molecule has 0 saturated heterocycles. The minimum absolute atomic E-state index is 0.276. The first kappa shape index (κ1) is 15.4. The number of carbonyl (C=O) groups excluding carboxylic acids is 1. The fourth-order valence-corrected chi connectivity index (χ4v) is 2.27. The molecule has 1 N–H and O–H groups in total. The molecule has 6 heteroatoms. The molecule has 6 nitrogen and oxygen atoms in total. The Bertz CT molecular complexity index is 938. The number of amides is 1. The molecule has 0 unspecified atom stereocenters. The number of benzene rings is 1. The van der Waals surface area contributed by atoms with Crippen LogP contribution in [0.5, 0.6) is 0 Å². The summed E-state index contributed by atoms with van der Waals surface area (Å²) < 4.78 is 1.44. The van der Waals surface area contributed by atoms with Crippen LogP contribution in [0.4, 0.5) is 5.82 Å². The van der Waals surface area contributed by atoms with Crippen molar-refractivity contribution in [1.82, 2.24) is 14.8 Å². The summed E-state index contributed by atoms with van der Waals surface area (Å²) in [5, 5.41) is 16.2. The van der Waals surface area contributed by atoms with Gasteiger partial charge in [0.25, 0.3) is 5.91 Å². The molecule has 1 aromatic carbocycles. The maximum Gasteiger partial charge on any atom is 0.256 e. The molecule has 0 atom stereocenters. The Labute approximate surface area is 139 Å². The second kappa shape index (κ2) is 6.34. The Morgan fingerprint density at radius 3 is 2.71 bits per heavy atom. The first-order valence-corrected chi connectivity index (χ1v) is 7.38. The molecule has 24 heavy (non-hydrogen) atoms. The minimum atomic E-state index is -0.299. The molecule has 3 rings (SSSR count). The van der Waals surface area contributed by atoms with Gasteiger partial charge in [-0.25, -0.2) is 4.98 Å². The number of carbonyl (C=O) groups is 1. The summed E-state index contributed by atoms with van der Waals surface area (Å²) in [4.78, 5) is 16.7. The van der Waals surface area contributed by atoms with Crippen molar-refractivity contribution >= 4 is 11.7 Å². The number of nitrogens with one attached hydrogen (secondary N) is 1. The molecule has 2 heterocycles. The van der Waals surface area contributed by atoms with Crippen LogP contribution in [0.15, 0.2) is 48.8 Å². The lowest BCUT2D eigenvalue weighted by Gasteiger charge is -2.10. The summed E-state index contributed by atoms with van der Waals surface area (Å²) >= 11 is 0. The lowest BCUT2D eigenvalue weighted by atomic mass is 10.1. The average Bonchev–Trinajstić information content (AvgIpc) is 3.00. The highest BCUT2D eigenvalue weighted by molar-refractivity contribution is 6.04. The van der Waals surface area contributed by atoms with Crippen LogP contribution in [0.3, 0.4) is 0 Å². The van der Waals surface area contributed by atoms with E-state index in [-0.39, 0.29) is 11.5 Å². The third-order valence-corrected chi connectivity index (χ3v) is 3.76. The van der Waals surface area contributed by atoms with E-state index in [1.807, 2.05) is 38.1 Å². The molecule has 0 radical (unpaired) electrons. The number of hydrogen-bond donors (Lipinski definition) is 1. The van der Waals surface area contributed by atoms with Gasteiger partial charge in [-0.05, 0) is 49.2 Å². The van der Waals surface area contributed by atoms with E-state index in [9.17, 15) is 10.1 Å². The van der Waals surface area contributed by atoms with E-state index in [0.29, 0.717) is 17.2 Å². The molecule has 3 aromatic rings. The lowest BCUT2D eigenvalue weighted by molar-refractivity contribution is 0.102. The van der Waals surface area contributed by atoms with Gasteiger partial charge in [0, 0.05) is 11.8 Å². The van der Waals surface area contributed by atoms with E-state index in [1.165, 1.54) is 10.9 Å². The van der Waals surface area contributed by atoms with Gasteiger partial charge >= 0.3 is 0 Å². The predicted octanol–water partition coefficient (Wildman–Crippen LogP) is 3.01. The third-order valence-electron chi connectivity index (χ3n) is 3.76. The highest BCUT2D eigenvalue weighted by Crippen LogP contribution is 2.20. The molecular formula is C18H15N5O. The summed E-state index contributed by atoms with van der Waals surface area (Å²) in [5.41, 5.74) is 2.94. The molecule has 0 spiro atoms. The molecule has 0 fully saturated rings. The Morgan fingerprint density at radius 2 is 2.04 bits per heavy atom. The van der Waals surface area contributed by atoms with Gasteiger partial charge in [-0.15, -0.1) is 0 Å². The van der Waals surface area contributed by atoms with E-state index >= 15 is 0 Å². The third kappa shape index (κ3) is 2.88. The number of nitriles is 1. The van der Waals surface area contributed by atoms with E-state index in [2.05, 4.69) is 15.4 Å². The van der Waals surface area contributed by atoms with E-state index in [0.717, 1.165) is 11.1 Å². The zero-order chi connectivity index (χ0) is 17.1. The maximum absolute atomic E-state index is 12.5. The first-order chi connectivity index (χ1) is 11.6. The van der Waals surface area contributed by atoms with E-state index < -0.39 is 0 Å². The van der Waals surface area contributed by atoms with Gasteiger partial charge in [0.2, 0.25) is 0 Å². The Morgan fingerprint density at radius 1 is 1.21 bits per heavy atom. The number of anilines is 1. The van der Waals surface area contributed by atoms with Gasteiger partial charge in [-0.1, -0.05) is 12.1 Å². The first-order valence-electron chi connectivity index (χ1n) is 7.38. The second-order valence-electron chi connectivity index (χ2n) is 5.37. The van der Waals surface area contributed by atoms with Crippen molar-refractivity contribution in [1.29, 1.82) is 5.26 Å². The number of hydrogen-bond acceptors (Lipinski definition) is 4. The monoisotopic (exact) mass is 317 g/mol. The molecule has 0 bridgehead atoms. The number of nitrogens with zero attached hydrogens (tertiary/aromatic N) is 4. The Kier molecular flexibility index (Phi) is 4.08. The van der Waals surface area contributed by atoms with Gasteiger partial charge < -0.3 is 5.32 Å². The van der Waals surface area contributed by atoms with Crippen LogP contribution >= 0.6 is 0 Å². The molecule has 0 aliphatic carbocycles. The highest BCUT2D eigenvalue weighted by Gasteiger charge is 2.17. The summed E-state index contributed by atoms with van der Waals surface area (Å²) in [7, 11) is 0. The van der Waals surface area contributed by atoms with Gasteiger partial charge in [0.1, 0.15) is 11.6 Å². The molecule has 2 aromatic heterocycles. The van der Waals surface area contributed by atoms with Crippen molar-refractivity contribution in [2.24, 2.45) is 0 Å². The molecule has 0 saturated carbocycles.